The van der Waals surface area contributed by atoms with Gasteiger partial charge in [0.25, 0.3) is 0 Å². The summed E-state index contributed by atoms with van der Waals surface area (Å²) in [6.45, 7) is 8.86. The Balaban J connectivity index is 2.96. The van der Waals surface area contributed by atoms with E-state index in [0.717, 1.165) is 12.1 Å². The van der Waals surface area contributed by atoms with Crippen molar-refractivity contribution in [2.24, 2.45) is 16.5 Å². The first-order valence-corrected chi connectivity index (χ1v) is 5.78. The molecule has 0 amide bonds. The van der Waals surface area contributed by atoms with E-state index in [9.17, 15) is 0 Å². The molecule has 0 aromatic heterocycles. The molecule has 0 bridgehead atoms. The van der Waals surface area contributed by atoms with Crippen LogP contribution in [0.3, 0.4) is 0 Å². The molecule has 0 heterocycles. The molecular formula is C10H18INO. The smallest absolute Gasteiger partial charge is 0.0734 e. The van der Waals surface area contributed by atoms with Crippen molar-refractivity contribution in [3.8, 4) is 0 Å². The van der Waals surface area contributed by atoms with E-state index in [1.165, 1.54) is 6.42 Å². The van der Waals surface area contributed by atoms with Crippen molar-refractivity contribution in [1.29, 1.82) is 0 Å². The molecule has 1 aliphatic carbocycles. The number of halogens is 1. The second-order valence-electron chi connectivity index (χ2n) is 5.07. The van der Waals surface area contributed by atoms with Crippen molar-refractivity contribution in [3.05, 3.63) is 0 Å². The summed E-state index contributed by atoms with van der Waals surface area (Å²) in [7, 11) is 0. The average molecular weight is 295 g/mol. The monoisotopic (exact) mass is 295 g/mol. The summed E-state index contributed by atoms with van der Waals surface area (Å²) in [5, 5.41) is 12.4. The van der Waals surface area contributed by atoms with Crippen LogP contribution >= 0.6 is 22.6 Å². The Morgan fingerprint density at radius 2 is 2.00 bits per heavy atom. The van der Waals surface area contributed by atoms with Crippen molar-refractivity contribution >= 4 is 28.3 Å². The van der Waals surface area contributed by atoms with E-state index in [0.29, 0.717) is 5.92 Å². The van der Waals surface area contributed by atoms with Crippen LogP contribution < -0.4 is 0 Å². The third-order valence-electron chi connectivity index (χ3n) is 3.12. The van der Waals surface area contributed by atoms with Gasteiger partial charge >= 0.3 is 0 Å². The predicted octanol–water partition coefficient (Wildman–Crippen LogP) is 3.47. The maximum absolute atomic E-state index is 8.96. The molecule has 3 heteroatoms. The predicted molar refractivity (Wildman–Crippen MR) is 63.8 cm³/mol. The number of hydrogen-bond acceptors (Lipinski definition) is 2. The van der Waals surface area contributed by atoms with Gasteiger partial charge in [0, 0.05) is 0 Å². The van der Waals surface area contributed by atoms with Crippen LogP contribution in [0.5, 0.6) is 0 Å². The Morgan fingerprint density at radius 3 is 2.46 bits per heavy atom. The molecule has 0 aromatic rings. The van der Waals surface area contributed by atoms with Crippen LogP contribution in [0.4, 0.5) is 0 Å². The molecule has 2 nitrogen and oxygen atoms in total. The van der Waals surface area contributed by atoms with Gasteiger partial charge in [-0.2, -0.15) is 0 Å². The molecule has 2 unspecified atom stereocenters. The van der Waals surface area contributed by atoms with Crippen LogP contribution in [0.15, 0.2) is 5.16 Å². The van der Waals surface area contributed by atoms with E-state index in [4.69, 9.17) is 5.21 Å². The first-order chi connectivity index (χ1) is 5.79. The molecule has 1 saturated carbocycles. The third-order valence-corrected chi connectivity index (χ3v) is 4.80. The standard InChI is InChI=1S/C10H18INO/c1-7-5-9(2,3)6-8(12-13)10(7,4)11/h7,13H,5-6H2,1-4H3/b12-8+. The van der Waals surface area contributed by atoms with Crippen LogP contribution in [0.1, 0.15) is 40.5 Å². The summed E-state index contributed by atoms with van der Waals surface area (Å²) >= 11 is 2.40. The fourth-order valence-corrected chi connectivity index (χ4v) is 2.66. The van der Waals surface area contributed by atoms with Crippen LogP contribution in [0.2, 0.25) is 0 Å². The number of rotatable bonds is 0. The summed E-state index contributed by atoms with van der Waals surface area (Å²) in [6.07, 6.45) is 2.11. The van der Waals surface area contributed by atoms with Crippen LogP contribution in [-0.2, 0) is 0 Å². The minimum absolute atomic E-state index is 0.0298. The lowest BCUT2D eigenvalue weighted by atomic mass is 9.67. The average Bonchev–Trinajstić information content (AvgIpc) is 1.97. The summed E-state index contributed by atoms with van der Waals surface area (Å²) in [5.74, 6) is 0.572. The number of nitrogens with zero attached hydrogens (tertiary/aromatic N) is 1. The van der Waals surface area contributed by atoms with Crippen molar-refractivity contribution in [3.63, 3.8) is 0 Å². The Morgan fingerprint density at radius 1 is 1.46 bits per heavy atom. The summed E-state index contributed by atoms with van der Waals surface area (Å²) in [5.41, 5.74) is 1.22. The first-order valence-electron chi connectivity index (χ1n) is 4.70. The third kappa shape index (κ3) is 2.17. The Hall–Kier alpha value is 0.200. The topological polar surface area (TPSA) is 32.6 Å². The zero-order valence-corrected chi connectivity index (χ0v) is 10.9. The van der Waals surface area contributed by atoms with Crippen molar-refractivity contribution < 1.29 is 5.21 Å². The highest BCUT2D eigenvalue weighted by Gasteiger charge is 2.43. The van der Waals surface area contributed by atoms with E-state index < -0.39 is 0 Å². The molecule has 1 fully saturated rings. The molecule has 1 rings (SSSR count). The fraction of sp³-hybridized carbons (Fsp3) is 0.900. The van der Waals surface area contributed by atoms with Crippen molar-refractivity contribution in [2.45, 2.75) is 44.0 Å². The lowest BCUT2D eigenvalue weighted by Gasteiger charge is -2.43. The SMILES string of the molecule is CC1CC(C)(C)C/C(=N\O)C1(C)I. The maximum atomic E-state index is 8.96. The van der Waals surface area contributed by atoms with Gasteiger partial charge in [0.05, 0.1) is 9.13 Å². The quantitative estimate of drug-likeness (QED) is 0.316. The van der Waals surface area contributed by atoms with Crippen LogP contribution in [0.25, 0.3) is 0 Å². The Labute approximate surface area is 93.9 Å². The molecule has 0 aliphatic heterocycles. The number of oxime groups is 1. The molecule has 0 radical (unpaired) electrons. The van der Waals surface area contributed by atoms with Crippen molar-refractivity contribution in [2.75, 3.05) is 0 Å². The zero-order chi connectivity index (χ0) is 10.3. The molecule has 0 aromatic carbocycles. The minimum Gasteiger partial charge on any atom is -0.411 e. The maximum Gasteiger partial charge on any atom is 0.0734 e. The molecular weight excluding hydrogens is 277 g/mol. The molecule has 76 valence electrons. The molecule has 0 spiro atoms. The highest BCUT2D eigenvalue weighted by atomic mass is 127. The highest BCUT2D eigenvalue weighted by molar-refractivity contribution is 14.1. The van der Waals surface area contributed by atoms with Crippen LogP contribution in [-0.4, -0.2) is 14.3 Å². The molecule has 1 N–H and O–H groups in total. The zero-order valence-electron chi connectivity index (χ0n) is 8.76. The van der Waals surface area contributed by atoms with E-state index in [1.54, 1.807) is 0 Å². The lowest BCUT2D eigenvalue weighted by molar-refractivity contribution is 0.234. The van der Waals surface area contributed by atoms with E-state index in [1.807, 2.05) is 0 Å². The molecule has 2 atom stereocenters. The van der Waals surface area contributed by atoms with Gasteiger partial charge in [-0.15, -0.1) is 0 Å². The molecule has 0 saturated heterocycles. The van der Waals surface area contributed by atoms with Gasteiger partial charge in [-0.05, 0) is 31.1 Å². The highest BCUT2D eigenvalue weighted by Crippen LogP contribution is 2.46. The van der Waals surface area contributed by atoms with Crippen molar-refractivity contribution in [1.82, 2.24) is 0 Å². The van der Waals surface area contributed by atoms with Gasteiger partial charge in [-0.1, -0.05) is 48.5 Å². The second-order valence-corrected chi connectivity index (χ2v) is 7.31. The van der Waals surface area contributed by atoms with E-state index in [2.05, 4.69) is 55.4 Å². The summed E-state index contributed by atoms with van der Waals surface area (Å²) in [6, 6.07) is 0. The van der Waals surface area contributed by atoms with Gasteiger partial charge in [0.1, 0.15) is 0 Å². The molecule has 13 heavy (non-hydrogen) atoms. The van der Waals surface area contributed by atoms with E-state index in [-0.39, 0.29) is 8.84 Å². The van der Waals surface area contributed by atoms with E-state index >= 15 is 0 Å². The summed E-state index contributed by atoms with van der Waals surface area (Å²) < 4.78 is 0.0298. The van der Waals surface area contributed by atoms with Gasteiger partial charge < -0.3 is 5.21 Å². The second kappa shape index (κ2) is 3.41. The minimum atomic E-state index is 0.0298. The first kappa shape index (κ1) is 11.3. The Bertz CT molecular complexity index is 233. The number of hydrogen-bond donors (Lipinski definition) is 1. The summed E-state index contributed by atoms with van der Waals surface area (Å²) in [4.78, 5) is 0. The van der Waals surface area contributed by atoms with Gasteiger partial charge in [0.15, 0.2) is 0 Å². The normalized spacial score (nSPS) is 42.2. The van der Waals surface area contributed by atoms with Crippen LogP contribution in [0, 0.1) is 11.3 Å². The van der Waals surface area contributed by atoms with Gasteiger partial charge in [-0.3, -0.25) is 0 Å². The Kier molecular flexibility index (Phi) is 2.95. The number of alkyl halides is 1. The largest absolute Gasteiger partial charge is 0.411 e. The lowest BCUT2D eigenvalue weighted by Crippen LogP contribution is -2.45. The van der Waals surface area contributed by atoms with Gasteiger partial charge in [-0.25, -0.2) is 0 Å². The fourth-order valence-electron chi connectivity index (χ4n) is 2.14. The van der Waals surface area contributed by atoms with Gasteiger partial charge in [0.2, 0.25) is 0 Å². The molecule has 1 aliphatic rings.